The zero-order valence-electron chi connectivity index (χ0n) is 20.8. The molecule has 0 radical (unpaired) electrons. The van der Waals surface area contributed by atoms with Crippen LogP contribution in [0, 0.1) is 0 Å². The van der Waals surface area contributed by atoms with Gasteiger partial charge in [0, 0.05) is 24.2 Å². The molecule has 1 saturated heterocycles. The van der Waals surface area contributed by atoms with Crippen molar-refractivity contribution in [3.63, 3.8) is 0 Å². The van der Waals surface area contributed by atoms with Crippen LogP contribution < -0.4 is 14.4 Å². The lowest BCUT2D eigenvalue weighted by Crippen LogP contribution is -2.37. The number of ether oxygens (including phenoxy) is 1. The molecule has 1 N–H and O–H groups in total. The van der Waals surface area contributed by atoms with Gasteiger partial charge in [-0.25, -0.2) is 8.42 Å². The van der Waals surface area contributed by atoms with Crippen LogP contribution in [0.2, 0.25) is 0 Å². The number of para-hydroxylation sites is 2. The molecule has 0 spiro atoms. The molecule has 1 atom stereocenters. The lowest BCUT2D eigenvalue weighted by Gasteiger charge is -2.29. The average molecular weight is 508 g/mol. The number of likely N-dealkylation sites (tertiary alicyclic amines) is 1. The van der Waals surface area contributed by atoms with Crippen LogP contribution >= 0.6 is 0 Å². The summed E-state index contributed by atoms with van der Waals surface area (Å²) in [5, 5.41) is 3.05. The summed E-state index contributed by atoms with van der Waals surface area (Å²) >= 11 is 0. The maximum atomic E-state index is 13.2. The standard InChI is InChI=1S/C28H33N3O4S/c1-3-31(23-11-5-4-6-12-23)36(33,34)24-17-15-22(16-18-24)28(32)29-21-26(30-19-9-10-20-30)25-13-7-8-14-27(25)35-2/h4-8,11-18,26H,3,9-10,19-21H2,1-2H3,(H,29,32)/t26-/m0/s1. The van der Waals surface area contributed by atoms with E-state index in [4.69, 9.17) is 4.74 Å². The number of methoxy groups -OCH3 is 1. The van der Waals surface area contributed by atoms with E-state index in [9.17, 15) is 13.2 Å². The molecule has 4 rings (SSSR count). The van der Waals surface area contributed by atoms with Crippen molar-refractivity contribution in [1.29, 1.82) is 0 Å². The van der Waals surface area contributed by atoms with Gasteiger partial charge in [-0.05, 0) is 75.3 Å². The van der Waals surface area contributed by atoms with Gasteiger partial charge in [0.15, 0.2) is 0 Å². The number of nitrogens with one attached hydrogen (secondary N) is 1. The van der Waals surface area contributed by atoms with Crippen LogP contribution in [0.25, 0.3) is 0 Å². The van der Waals surface area contributed by atoms with E-state index in [2.05, 4.69) is 10.2 Å². The van der Waals surface area contributed by atoms with E-state index < -0.39 is 10.0 Å². The van der Waals surface area contributed by atoms with E-state index in [-0.39, 0.29) is 16.8 Å². The maximum absolute atomic E-state index is 13.2. The topological polar surface area (TPSA) is 79.0 Å². The Labute approximate surface area is 213 Å². The SMILES string of the molecule is CCN(c1ccccc1)S(=O)(=O)c1ccc(C(=O)NC[C@@H](c2ccccc2OC)N2CCCC2)cc1. The Hall–Kier alpha value is -3.36. The Morgan fingerprint density at radius 3 is 2.25 bits per heavy atom. The van der Waals surface area contributed by atoms with Gasteiger partial charge in [-0.1, -0.05) is 36.4 Å². The second-order valence-electron chi connectivity index (χ2n) is 8.74. The van der Waals surface area contributed by atoms with Gasteiger partial charge in [0.25, 0.3) is 15.9 Å². The second-order valence-corrected chi connectivity index (χ2v) is 10.6. The quantitative estimate of drug-likeness (QED) is 0.438. The van der Waals surface area contributed by atoms with Gasteiger partial charge in [-0.3, -0.25) is 14.0 Å². The van der Waals surface area contributed by atoms with Crippen LogP contribution in [0.1, 0.15) is 41.7 Å². The third-order valence-electron chi connectivity index (χ3n) is 6.57. The molecule has 36 heavy (non-hydrogen) atoms. The molecular weight excluding hydrogens is 474 g/mol. The molecule has 1 amide bonds. The normalized spacial score (nSPS) is 14.8. The first kappa shape index (κ1) is 25.7. The third-order valence-corrected chi connectivity index (χ3v) is 8.49. The molecule has 1 aliphatic rings. The minimum Gasteiger partial charge on any atom is -0.496 e. The van der Waals surface area contributed by atoms with Crippen molar-refractivity contribution >= 4 is 21.6 Å². The molecular formula is C28H33N3O4S. The molecule has 0 aliphatic carbocycles. The van der Waals surface area contributed by atoms with E-state index in [1.54, 1.807) is 50.4 Å². The number of anilines is 1. The van der Waals surface area contributed by atoms with Crippen LogP contribution in [-0.4, -0.2) is 52.5 Å². The van der Waals surface area contributed by atoms with Gasteiger partial charge < -0.3 is 10.1 Å². The first-order valence-corrected chi connectivity index (χ1v) is 13.7. The zero-order chi connectivity index (χ0) is 25.5. The van der Waals surface area contributed by atoms with E-state index in [1.165, 1.54) is 16.4 Å². The number of nitrogens with zero attached hydrogens (tertiary/aromatic N) is 2. The number of carbonyl (C=O) groups is 1. The van der Waals surface area contributed by atoms with Gasteiger partial charge in [-0.15, -0.1) is 0 Å². The Kier molecular flexibility index (Phi) is 8.28. The van der Waals surface area contributed by atoms with Crippen molar-refractivity contribution in [2.75, 3.05) is 37.6 Å². The highest BCUT2D eigenvalue weighted by atomic mass is 32.2. The van der Waals surface area contributed by atoms with Crippen molar-refractivity contribution in [3.05, 3.63) is 90.0 Å². The fourth-order valence-electron chi connectivity index (χ4n) is 4.71. The maximum Gasteiger partial charge on any atom is 0.264 e. The molecule has 8 heteroatoms. The highest BCUT2D eigenvalue weighted by Crippen LogP contribution is 2.31. The summed E-state index contributed by atoms with van der Waals surface area (Å²) in [4.78, 5) is 15.5. The third kappa shape index (κ3) is 5.55. The van der Waals surface area contributed by atoms with Crippen molar-refractivity contribution in [2.45, 2.75) is 30.7 Å². The zero-order valence-corrected chi connectivity index (χ0v) is 21.6. The highest BCUT2D eigenvalue weighted by molar-refractivity contribution is 7.92. The van der Waals surface area contributed by atoms with Crippen LogP contribution in [-0.2, 0) is 10.0 Å². The molecule has 3 aromatic rings. The molecule has 1 heterocycles. The van der Waals surface area contributed by atoms with E-state index in [1.807, 2.05) is 30.3 Å². The minimum atomic E-state index is -3.75. The number of rotatable bonds is 10. The summed E-state index contributed by atoms with van der Waals surface area (Å²) in [6, 6.07) is 23.0. The van der Waals surface area contributed by atoms with Gasteiger partial charge in [0.2, 0.25) is 0 Å². The number of benzene rings is 3. The summed E-state index contributed by atoms with van der Waals surface area (Å²) in [5.74, 6) is 0.561. The molecule has 0 bridgehead atoms. The van der Waals surface area contributed by atoms with Crippen LogP contribution in [0.15, 0.2) is 83.8 Å². The van der Waals surface area contributed by atoms with E-state index in [0.717, 1.165) is 37.2 Å². The summed E-state index contributed by atoms with van der Waals surface area (Å²) in [6.07, 6.45) is 2.26. The smallest absolute Gasteiger partial charge is 0.264 e. The fourth-order valence-corrected chi connectivity index (χ4v) is 6.19. The minimum absolute atomic E-state index is 0.00349. The van der Waals surface area contributed by atoms with Crippen molar-refractivity contribution < 1.29 is 17.9 Å². The number of amides is 1. The van der Waals surface area contributed by atoms with Crippen LogP contribution in [0.5, 0.6) is 5.75 Å². The first-order valence-electron chi connectivity index (χ1n) is 12.3. The van der Waals surface area contributed by atoms with Gasteiger partial charge in [0.1, 0.15) is 5.75 Å². The Morgan fingerprint density at radius 1 is 0.972 bits per heavy atom. The Morgan fingerprint density at radius 2 is 1.61 bits per heavy atom. The molecule has 3 aromatic carbocycles. The van der Waals surface area contributed by atoms with Crippen molar-refractivity contribution in [1.82, 2.24) is 10.2 Å². The first-order chi connectivity index (χ1) is 17.5. The molecule has 1 fully saturated rings. The van der Waals surface area contributed by atoms with Crippen molar-refractivity contribution in [3.8, 4) is 5.75 Å². The van der Waals surface area contributed by atoms with Crippen LogP contribution in [0.3, 0.4) is 0 Å². The monoisotopic (exact) mass is 507 g/mol. The Bertz CT molecular complexity index is 1260. The molecule has 1 aliphatic heterocycles. The number of hydrogen-bond acceptors (Lipinski definition) is 5. The second kappa shape index (κ2) is 11.6. The molecule has 7 nitrogen and oxygen atoms in total. The summed E-state index contributed by atoms with van der Waals surface area (Å²) < 4.78 is 33.4. The van der Waals surface area contributed by atoms with Crippen molar-refractivity contribution in [2.24, 2.45) is 0 Å². The van der Waals surface area contributed by atoms with E-state index in [0.29, 0.717) is 24.3 Å². The fraction of sp³-hybridized carbons (Fsp3) is 0.321. The summed E-state index contributed by atoms with van der Waals surface area (Å²) in [6.45, 7) is 4.47. The van der Waals surface area contributed by atoms with Gasteiger partial charge in [-0.2, -0.15) is 0 Å². The molecule has 190 valence electrons. The highest BCUT2D eigenvalue weighted by Gasteiger charge is 2.27. The largest absolute Gasteiger partial charge is 0.496 e. The number of hydrogen-bond donors (Lipinski definition) is 1. The molecule has 0 saturated carbocycles. The predicted molar refractivity (Wildman–Crippen MR) is 142 cm³/mol. The molecule has 0 unspecified atom stereocenters. The molecule has 0 aromatic heterocycles. The van der Waals surface area contributed by atoms with Crippen LogP contribution in [0.4, 0.5) is 5.69 Å². The number of sulfonamides is 1. The van der Waals surface area contributed by atoms with Gasteiger partial charge in [0.05, 0.1) is 23.7 Å². The predicted octanol–water partition coefficient (Wildman–Crippen LogP) is 4.48. The lowest BCUT2D eigenvalue weighted by atomic mass is 10.0. The van der Waals surface area contributed by atoms with E-state index >= 15 is 0 Å². The summed E-state index contributed by atoms with van der Waals surface area (Å²) in [7, 11) is -2.09. The lowest BCUT2D eigenvalue weighted by molar-refractivity contribution is 0.0937. The average Bonchev–Trinajstić information content (AvgIpc) is 3.45. The van der Waals surface area contributed by atoms with Gasteiger partial charge >= 0.3 is 0 Å². The summed E-state index contributed by atoms with van der Waals surface area (Å²) in [5.41, 5.74) is 2.06. The number of carbonyl (C=O) groups excluding carboxylic acids is 1. The Balaban J connectivity index is 1.49.